The summed E-state index contributed by atoms with van der Waals surface area (Å²) >= 11 is 0. The van der Waals surface area contributed by atoms with Gasteiger partial charge in [0.1, 0.15) is 0 Å². The minimum absolute atomic E-state index is 0.0280. The molecular formula is C10H9N3O3. The van der Waals surface area contributed by atoms with Gasteiger partial charge in [0.15, 0.2) is 0 Å². The lowest BCUT2D eigenvalue weighted by atomic mass is 10.1. The second-order valence-electron chi connectivity index (χ2n) is 3.36. The largest absolute Gasteiger partial charge is 0.478 e. The molecule has 0 aromatic carbocycles. The van der Waals surface area contributed by atoms with Gasteiger partial charge < -0.3 is 14.7 Å². The average molecular weight is 219 g/mol. The maximum atomic E-state index is 11.5. The summed E-state index contributed by atoms with van der Waals surface area (Å²) < 4.78 is 1.68. The van der Waals surface area contributed by atoms with Gasteiger partial charge >= 0.3 is 5.97 Å². The lowest BCUT2D eigenvalue weighted by molar-refractivity contribution is 0.0696. The molecule has 0 aliphatic heterocycles. The Bertz CT molecular complexity index is 597. The fraction of sp³-hybridized carbons (Fsp3) is 0.100. The zero-order chi connectivity index (χ0) is 11.7. The Morgan fingerprint density at radius 3 is 2.88 bits per heavy atom. The summed E-state index contributed by atoms with van der Waals surface area (Å²) in [6.45, 7) is 0. The Morgan fingerprint density at radius 2 is 2.31 bits per heavy atom. The van der Waals surface area contributed by atoms with E-state index in [9.17, 15) is 9.59 Å². The number of aromatic nitrogens is 3. The number of hydrogen-bond donors (Lipinski definition) is 2. The number of aromatic carboxylic acids is 1. The Kier molecular flexibility index (Phi) is 2.32. The molecule has 16 heavy (non-hydrogen) atoms. The SMILES string of the molecule is Cn1cnc(-c2cc(C(=O)O)c[nH]c2=O)c1. The number of aryl methyl sites for hydroxylation is 1. The molecule has 0 spiro atoms. The molecule has 0 atom stereocenters. The van der Waals surface area contributed by atoms with Crippen molar-refractivity contribution in [2.24, 2.45) is 7.05 Å². The smallest absolute Gasteiger partial charge is 0.337 e. The molecule has 6 nitrogen and oxygen atoms in total. The third kappa shape index (κ3) is 1.72. The highest BCUT2D eigenvalue weighted by atomic mass is 16.4. The van der Waals surface area contributed by atoms with E-state index >= 15 is 0 Å². The van der Waals surface area contributed by atoms with Crippen LogP contribution in [0.15, 0.2) is 29.6 Å². The fourth-order valence-electron chi connectivity index (χ4n) is 1.35. The molecule has 0 unspecified atom stereocenters. The predicted molar refractivity (Wildman–Crippen MR) is 56.2 cm³/mol. The van der Waals surface area contributed by atoms with Crippen molar-refractivity contribution in [3.63, 3.8) is 0 Å². The second-order valence-corrected chi connectivity index (χ2v) is 3.36. The van der Waals surface area contributed by atoms with Crippen LogP contribution in [0.4, 0.5) is 0 Å². The molecule has 2 N–H and O–H groups in total. The lowest BCUT2D eigenvalue weighted by Crippen LogP contribution is -2.11. The van der Waals surface area contributed by atoms with Crippen LogP contribution in [0, 0.1) is 0 Å². The standard InChI is InChI=1S/C10H9N3O3/c1-13-4-8(12-5-13)7-2-6(10(15)16)3-11-9(7)14/h2-5H,1H3,(H,11,14)(H,15,16). The number of carbonyl (C=O) groups is 1. The van der Waals surface area contributed by atoms with E-state index in [-0.39, 0.29) is 16.7 Å². The summed E-state index contributed by atoms with van der Waals surface area (Å²) in [6, 6.07) is 1.31. The number of nitrogens with zero attached hydrogens (tertiary/aromatic N) is 2. The second kappa shape index (κ2) is 3.65. The van der Waals surface area contributed by atoms with Crippen LogP contribution in [0.25, 0.3) is 11.3 Å². The summed E-state index contributed by atoms with van der Waals surface area (Å²) in [5.41, 5.74) is 0.372. The van der Waals surface area contributed by atoms with Crippen molar-refractivity contribution in [1.82, 2.24) is 14.5 Å². The number of hydrogen-bond acceptors (Lipinski definition) is 3. The van der Waals surface area contributed by atoms with Crippen molar-refractivity contribution >= 4 is 5.97 Å². The first-order chi connectivity index (χ1) is 7.58. The Balaban J connectivity index is 2.60. The van der Waals surface area contributed by atoms with Crippen LogP contribution < -0.4 is 5.56 Å². The molecule has 6 heteroatoms. The molecule has 0 bridgehead atoms. The fourth-order valence-corrected chi connectivity index (χ4v) is 1.35. The van der Waals surface area contributed by atoms with Crippen LogP contribution in [0.2, 0.25) is 0 Å². The zero-order valence-electron chi connectivity index (χ0n) is 8.47. The summed E-state index contributed by atoms with van der Waals surface area (Å²) in [7, 11) is 1.77. The number of carboxylic acids is 1. The molecule has 0 saturated carbocycles. The number of pyridine rings is 1. The number of imidazole rings is 1. The van der Waals surface area contributed by atoms with Gasteiger partial charge in [-0.25, -0.2) is 9.78 Å². The number of aromatic amines is 1. The summed E-state index contributed by atoms with van der Waals surface area (Å²) in [5.74, 6) is -1.09. The Morgan fingerprint density at radius 1 is 1.56 bits per heavy atom. The first-order valence-electron chi connectivity index (χ1n) is 4.52. The number of carboxylic acid groups (broad SMARTS) is 1. The number of nitrogens with one attached hydrogen (secondary N) is 1. The van der Waals surface area contributed by atoms with Gasteiger partial charge in [0.25, 0.3) is 5.56 Å². The third-order valence-electron chi connectivity index (χ3n) is 2.13. The van der Waals surface area contributed by atoms with E-state index in [4.69, 9.17) is 5.11 Å². The lowest BCUT2D eigenvalue weighted by Gasteiger charge is -1.97. The van der Waals surface area contributed by atoms with Crippen molar-refractivity contribution in [2.45, 2.75) is 0 Å². The third-order valence-corrected chi connectivity index (χ3v) is 2.13. The van der Waals surface area contributed by atoms with Gasteiger partial charge in [-0.05, 0) is 6.07 Å². The molecule has 0 aliphatic rings. The molecule has 0 radical (unpaired) electrons. The van der Waals surface area contributed by atoms with E-state index in [2.05, 4.69) is 9.97 Å². The molecule has 2 aromatic heterocycles. The molecule has 0 fully saturated rings. The first kappa shape index (κ1) is 10.2. The van der Waals surface area contributed by atoms with Crippen molar-refractivity contribution in [3.05, 3.63) is 40.7 Å². The highest BCUT2D eigenvalue weighted by Crippen LogP contribution is 2.12. The molecule has 0 saturated heterocycles. The van der Waals surface area contributed by atoms with Crippen molar-refractivity contribution in [2.75, 3.05) is 0 Å². The van der Waals surface area contributed by atoms with Gasteiger partial charge in [-0.1, -0.05) is 0 Å². The topological polar surface area (TPSA) is 88.0 Å². The van der Waals surface area contributed by atoms with Gasteiger partial charge in [-0.3, -0.25) is 4.79 Å². The van der Waals surface area contributed by atoms with E-state index in [1.54, 1.807) is 24.1 Å². The van der Waals surface area contributed by atoms with Gasteiger partial charge in [0.05, 0.1) is 23.1 Å². The predicted octanol–water partition coefficient (Wildman–Crippen LogP) is 0.474. The van der Waals surface area contributed by atoms with E-state index in [1.807, 2.05) is 0 Å². The van der Waals surface area contributed by atoms with Crippen molar-refractivity contribution < 1.29 is 9.90 Å². The van der Waals surface area contributed by atoms with Gasteiger partial charge in [-0.15, -0.1) is 0 Å². The minimum atomic E-state index is -1.09. The maximum absolute atomic E-state index is 11.5. The molecular weight excluding hydrogens is 210 g/mol. The van der Waals surface area contributed by atoms with Crippen LogP contribution in [-0.4, -0.2) is 25.6 Å². The molecule has 2 heterocycles. The van der Waals surface area contributed by atoms with Crippen molar-refractivity contribution in [1.29, 1.82) is 0 Å². The highest BCUT2D eigenvalue weighted by Gasteiger charge is 2.10. The molecule has 2 rings (SSSR count). The van der Waals surface area contributed by atoms with Crippen LogP contribution >= 0.6 is 0 Å². The van der Waals surface area contributed by atoms with Crippen LogP contribution in [0.1, 0.15) is 10.4 Å². The monoisotopic (exact) mass is 219 g/mol. The van der Waals surface area contributed by atoms with Gasteiger partial charge in [-0.2, -0.15) is 0 Å². The Hall–Kier alpha value is -2.37. The highest BCUT2D eigenvalue weighted by molar-refractivity contribution is 5.88. The van der Waals surface area contributed by atoms with E-state index in [1.165, 1.54) is 6.07 Å². The van der Waals surface area contributed by atoms with Gasteiger partial charge in [0.2, 0.25) is 0 Å². The van der Waals surface area contributed by atoms with E-state index < -0.39 is 5.97 Å². The average Bonchev–Trinajstić information content (AvgIpc) is 2.65. The normalized spacial score (nSPS) is 10.3. The van der Waals surface area contributed by atoms with Gasteiger partial charge in [0, 0.05) is 19.4 Å². The molecule has 2 aromatic rings. The number of H-pyrrole nitrogens is 1. The summed E-state index contributed by atoms with van der Waals surface area (Å²) in [5, 5.41) is 8.80. The Labute approximate surface area is 90.2 Å². The number of rotatable bonds is 2. The summed E-state index contributed by atoms with van der Waals surface area (Å²) in [6.07, 6.45) is 4.36. The zero-order valence-corrected chi connectivity index (χ0v) is 8.47. The summed E-state index contributed by atoms with van der Waals surface area (Å²) in [4.78, 5) is 28.6. The minimum Gasteiger partial charge on any atom is -0.478 e. The molecule has 0 aliphatic carbocycles. The van der Waals surface area contributed by atoms with Crippen LogP contribution in [-0.2, 0) is 7.05 Å². The molecule has 0 amide bonds. The van der Waals surface area contributed by atoms with Crippen LogP contribution in [0.5, 0.6) is 0 Å². The quantitative estimate of drug-likeness (QED) is 0.768. The van der Waals surface area contributed by atoms with E-state index in [0.29, 0.717) is 5.69 Å². The molecule has 82 valence electrons. The van der Waals surface area contributed by atoms with E-state index in [0.717, 1.165) is 6.20 Å². The first-order valence-corrected chi connectivity index (χ1v) is 4.52. The maximum Gasteiger partial charge on any atom is 0.337 e. The van der Waals surface area contributed by atoms with Crippen molar-refractivity contribution in [3.8, 4) is 11.3 Å². The van der Waals surface area contributed by atoms with Crippen LogP contribution in [0.3, 0.4) is 0 Å².